The summed E-state index contributed by atoms with van der Waals surface area (Å²) in [5.74, 6) is -2.51. The first-order valence-electron chi connectivity index (χ1n) is 2.51. The van der Waals surface area contributed by atoms with E-state index in [1.807, 2.05) is 0 Å². The van der Waals surface area contributed by atoms with E-state index >= 15 is 0 Å². The summed E-state index contributed by atoms with van der Waals surface area (Å²) in [7, 11) is 1.07. The monoisotopic (exact) mass is 150 g/mol. The van der Waals surface area contributed by atoms with Crippen molar-refractivity contribution in [1.29, 1.82) is 0 Å². The molecule has 0 aliphatic rings. The molecule has 0 aliphatic carbocycles. The van der Waals surface area contributed by atoms with Crippen molar-refractivity contribution in [2.75, 3.05) is 7.11 Å². The molecule has 0 radical (unpaired) electrons. The van der Waals surface area contributed by atoms with E-state index < -0.39 is 24.5 Å². The molecule has 0 aliphatic heterocycles. The van der Waals surface area contributed by atoms with Gasteiger partial charge < -0.3 is 9.84 Å². The number of halogens is 1. The number of esters is 1. The number of methoxy groups -OCH3 is 1. The van der Waals surface area contributed by atoms with Crippen molar-refractivity contribution in [3.8, 4) is 0 Å². The van der Waals surface area contributed by atoms with Crippen LogP contribution in [0.25, 0.3) is 0 Å². The smallest absolute Gasteiger partial charge is 0.338 e. The van der Waals surface area contributed by atoms with Gasteiger partial charge in [0, 0.05) is 0 Å². The van der Waals surface area contributed by atoms with Gasteiger partial charge in [-0.1, -0.05) is 0 Å². The van der Waals surface area contributed by atoms with Crippen LogP contribution in [-0.2, 0) is 14.3 Å². The predicted molar refractivity (Wildman–Crippen MR) is 29.2 cm³/mol. The van der Waals surface area contributed by atoms with Gasteiger partial charge in [-0.2, -0.15) is 0 Å². The van der Waals surface area contributed by atoms with Crippen molar-refractivity contribution >= 4 is 11.9 Å². The standard InChI is InChI=1S/C5H7FO4/c1-10-4(7)2-3(6)5(8)9/h3H,2H2,1H3,(H,8,9). The van der Waals surface area contributed by atoms with Gasteiger partial charge >= 0.3 is 11.9 Å². The number of carboxylic acid groups (broad SMARTS) is 1. The van der Waals surface area contributed by atoms with Crippen molar-refractivity contribution in [2.45, 2.75) is 12.6 Å². The van der Waals surface area contributed by atoms with Crippen molar-refractivity contribution < 1.29 is 23.8 Å². The third kappa shape index (κ3) is 3.01. The van der Waals surface area contributed by atoms with Gasteiger partial charge in [-0.15, -0.1) is 0 Å². The first-order chi connectivity index (χ1) is 4.57. The Kier molecular flexibility index (Phi) is 3.38. The summed E-state index contributed by atoms with van der Waals surface area (Å²) < 4.78 is 16.1. The molecular weight excluding hydrogens is 143 g/mol. The largest absolute Gasteiger partial charge is 0.479 e. The van der Waals surface area contributed by atoms with E-state index in [1.54, 1.807) is 0 Å². The summed E-state index contributed by atoms with van der Waals surface area (Å²) in [5, 5.41) is 7.94. The molecule has 4 nitrogen and oxygen atoms in total. The quantitative estimate of drug-likeness (QED) is 0.574. The molecule has 0 spiro atoms. The molecule has 0 amide bonds. The number of hydrogen-bond acceptors (Lipinski definition) is 3. The van der Waals surface area contributed by atoms with Crippen molar-refractivity contribution in [3.63, 3.8) is 0 Å². The molecule has 0 rings (SSSR count). The van der Waals surface area contributed by atoms with Gasteiger partial charge in [0.15, 0.2) is 0 Å². The fourth-order valence-corrected chi connectivity index (χ4v) is 0.317. The lowest BCUT2D eigenvalue weighted by molar-refractivity contribution is -0.150. The van der Waals surface area contributed by atoms with E-state index in [0.717, 1.165) is 7.11 Å². The Morgan fingerprint density at radius 2 is 2.20 bits per heavy atom. The SMILES string of the molecule is COC(=O)CC(F)C(=O)O. The third-order valence-electron chi connectivity index (χ3n) is 0.842. The van der Waals surface area contributed by atoms with Gasteiger partial charge in [0.1, 0.15) is 0 Å². The van der Waals surface area contributed by atoms with Crippen LogP contribution in [0.15, 0.2) is 0 Å². The number of ether oxygens (including phenoxy) is 1. The van der Waals surface area contributed by atoms with E-state index in [-0.39, 0.29) is 0 Å². The van der Waals surface area contributed by atoms with E-state index in [1.165, 1.54) is 0 Å². The summed E-state index contributed by atoms with van der Waals surface area (Å²) >= 11 is 0. The maximum atomic E-state index is 12.1. The molecule has 1 N–H and O–H groups in total. The minimum absolute atomic E-state index is 0.730. The fourth-order valence-electron chi connectivity index (χ4n) is 0.317. The second-order valence-corrected chi connectivity index (χ2v) is 1.59. The van der Waals surface area contributed by atoms with Crippen LogP contribution in [0.3, 0.4) is 0 Å². The highest BCUT2D eigenvalue weighted by molar-refractivity contribution is 5.80. The topological polar surface area (TPSA) is 63.6 Å². The third-order valence-corrected chi connectivity index (χ3v) is 0.842. The van der Waals surface area contributed by atoms with E-state index in [9.17, 15) is 14.0 Å². The first-order valence-corrected chi connectivity index (χ1v) is 2.51. The van der Waals surface area contributed by atoms with Crippen LogP contribution < -0.4 is 0 Å². The molecule has 0 fully saturated rings. The maximum Gasteiger partial charge on any atom is 0.338 e. The molecule has 0 saturated carbocycles. The van der Waals surface area contributed by atoms with E-state index in [4.69, 9.17) is 5.11 Å². The Bertz CT molecular complexity index is 145. The molecule has 0 bridgehead atoms. The molecule has 0 heterocycles. The fraction of sp³-hybridized carbons (Fsp3) is 0.600. The first kappa shape index (κ1) is 8.87. The summed E-state index contributed by atoms with van der Waals surface area (Å²) in [6.45, 7) is 0. The average Bonchev–Trinajstić information content (AvgIpc) is 1.87. The van der Waals surface area contributed by atoms with Gasteiger partial charge in [0.2, 0.25) is 6.17 Å². The van der Waals surface area contributed by atoms with Gasteiger partial charge in [-0.25, -0.2) is 9.18 Å². The number of alkyl halides is 1. The number of hydrogen-bond donors (Lipinski definition) is 1. The molecule has 0 aromatic rings. The Labute approximate surface area is 56.6 Å². The van der Waals surface area contributed by atoms with Gasteiger partial charge in [0.25, 0.3) is 0 Å². The summed E-state index contributed by atoms with van der Waals surface area (Å²) in [5.41, 5.74) is 0. The number of carboxylic acids is 1. The Morgan fingerprint density at radius 1 is 1.70 bits per heavy atom. The zero-order valence-electron chi connectivity index (χ0n) is 5.33. The molecular formula is C5H7FO4. The van der Waals surface area contributed by atoms with Crippen molar-refractivity contribution in [3.05, 3.63) is 0 Å². The second kappa shape index (κ2) is 3.81. The van der Waals surface area contributed by atoms with Gasteiger partial charge in [-0.3, -0.25) is 4.79 Å². The normalized spacial score (nSPS) is 12.2. The zero-order valence-corrected chi connectivity index (χ0v) is 5.33. The zero-order chi connectivity index (χ0) is 8.15. The van der Waals surface area contributed by atoms with Crippen LogP contribution in [0.4, 0.5) is 4.39 Å². The van der Waals surface area contributed by atoms with E-state index in [2.05, 4.69) is 4.74 Å². The van der Waals surface area contributed by atoms with Gasteiger partial charge in [-0.05, 0) is 0 Å². The second-order valence-electron chi connectivity index (χ2n) is 1.59. The van der Waals surface area contributed by atoms with E-state index in [0.29, 0.717) is 0 Å². The highest BCUT2D eigenvalue weighted by atomic mass is 19.1. The Hall–Kier alpha value is -1.13. The summed E-state index contributed by atoms with van der Waals surface area (Å²) in [6.07, 6.45) is -2.89. The lowest BCUT2D eigenvalue weighted by Crippen LogP contribution is -2.19. The number of rotatable bonds is 3. The van der Waals surface area contributed by atoms with Gasteiger partial charge in [0.05, 0.1) is 13.5 Å². The van der Waals surface area contributed by atoms with Crippen molar-refractivity contribution in [1.82, 2.24) is 0 Å². The molecule has 5 heteroatoms. The maximum absolute atomic E-state index is 12.1. The Morgan fingerprint density at radius 3 is 2.50 bits per heavy atom. The molecule has 58 valence electrons. The Balaban J connectivity index is 3.68. The number of carbonyl (C=O) groups excluding carboxylic acids is 1. The molecule has 0 aromatic heterocycles. The molecule has 1 unspecified atom stereocenters. The van der Waals surface area contributed by atoms with Crippen LogP contribution in [0.2, 0.25) is 0 Å². The molecule has 0 saturated heterocycles. The average molecular weight is 150 g/mol. The summed E-state index contributed by atoms with van der Waals surface area (Å²) in [4.78, 5) is 20.0. The highest BCUT2D eigenvalue weighted by Gasteiger charge is 2.19. The van der Waals surface area contributed by atoms with Crippen molar-refractivity contribution in [2.24, 2.45) is 0 Å². The van der Waals surface area contributed by atoms with Crippen LogP contribution in [0.1, 0.15) is 6.42 Å². The lowest BCUT2D eigenvalue weighted by atomic mass is 10.3. The van der Waals surface area contributed by atoms with Crippen LogP contribution in [0.5, 0.6) is 0 Å². The van der Waals surface area contributed by atoms with Crippen LogP contribution in [0, 0.1) is 0 Å². The molecule has 10 heavy (non-hydrogen) atoms. The predicted octanol–water partition coefficient (Wildman–Crippen LogP) is -0.0278. The van der Waals surface area contributed by atoms with Crippen LogP contribution in [-0.4, -0.2) is 30.3 Å². The lowest BCUT2D eigenvalue weighted by Gasteiger charge is -1.99. The highest BCUT2D eigenvalue weighted by Crippen LogP contribution is 1.98. The number of carbonyl (C=O) groups is 2. The molecule has 1 atom stereocenters. The minimum Gasteiger partial charge on any atom is -0.479 e. The van der Waals surface area contributed by atoms with Crippen LogP contribution >= 0.6 is 0 Å². The summed E-state index contributed by atoms with van der Waals surface area (Å²) in [6, 6.07) is 0. The number of aliphatic carboxylic acids is 1. The molecule has 0 aromatic carbocycles. The minimum atomic E-state index is -2.16.